The van der Waals surface area contributed by atoms with Crippen LogP contribution in [-0.2, 0) is 4.79 Å². The number of aromatic carboxylic acids is 1. The van der Waals surface area contributed by atoms with E-state index in [2.05, 4.69) is 5.32 Å². The van der Waals surface area contributed by atoms with Crippen molar-refractivity contribution in [2.24, 2.45) is 0 Å². The number of benzene rings is 2. The second-order valence-electron chi connectivity index (χ2n) is 5.64. The zero-order valence-electron chi connectivity index (χ0n) is 13.4. The first-order valence-electron chi connectivity index (χ1n) is 7.70. The quantitative estimate of drug-likeness (QED) is 0.555. The number of amides is 3. The number of carboxylic acid groups (broad SMARTS) is 1. The molecular weight excluding hydrogens is 340 g/mol. The molecule has 8 nitrogen and oxygen atoms in total. The molecule has 0 saturated heterocycles. The van der Waals surface area contributed by atoms with Gasteiger partial charge in [0.1, 0.15) is 11.3 Å². The summed E-state index contributed by atoms with van der Waals surface area (Å²) in [7, 11) is 0. The molecule has 0 atom stereocenters. The molecule has 3 rings (SSSR count). The molecule has 2 aromatic carbocycles. The van der Waals surface area contributed by atoms with E-state index in [4.69, 9.17) is 5.11 Å². The highest BCUT2D eigenvalue weighted by Crippen LogP contribution is 2.23. The number of hydrogen-bond donors (Lipinski definition) is 3. The van der Waals surface area contributed by atoms with Crippen LogP contribution in [0.5, 0.6) is 5.75 Å². The first-order chi connectivity index (χ1) is 12.4. The van der Waals surface area contributed by atoms with Crippen LogP contribution in [0.2, 0.25) is 0 Å². The molecule has 0 radical (unpaired) electrons. The van der Waals surface area contributed by atoms with E-state index in [0.717, 1.165) is 17.0 Å². The van der Waals surface area contributed by atoms with Crippen molar-refractivity contribution in [1.29, 1.82) is 0 Å². The number of carboxylic acids is 1. The smallest absolute Gasteiger partial charge is 0.339 e. The predicted octanol–water partition coefficient (Wildman–Crippen LogP) is 1.72. The summed E-state index contributed by atoms with van der Waals surface area (Å²) in [5.41, 5.74) is 0.459. The maximum absolute atomic E-state index is 12.2. The second-order valence-corrected chi connectivity index (χ2v) is 5.64. The van der Waals surface area contributed by atoms with Crippen LogP contribution in [0.3, 0.4) is 0 Å². The van der Waals surface area contributed by atoms with Crippen molar-refractivity contribution in [2.45, 2.75) is 6.42 Å². The summed E-state index contributed by atoms with van der Waals surface area (Å²) >= 11 is 0. The summed E-state index contributed by atoms with van der Waals surface area (Å²) in [5, 5.41) is 20.9. The van der Waals surface area contributed by atoms with Crippen molar-refractivity contribution in [1.82, 2.24) is 4.90 Å². The third-order valence-electron chi connectivity index (χ3n) is 3.95. The molecule has 3 N–H and O–H groups in total. The first kappa shape index (κ1) is 17.2. The topological polar surface area (TPSA) is 124 Å². The molecule has 132 valence electrons. The number of phenols is 1. The molecule has 0 unspecified atom stereocenters. The van der Waals surface area contributed by atoms with Gasteiger partial charge >= 0.3 is 5.97 Å². The van der Waals surface area contributed by atoms with Gasteiger partial charge in [0.15, 0.2) is 0 Å². The minimum atomic E-state index is -1.33. The highest BCUT2D eigenvalue weighted by molar-refractivity contribution is 6.21. The Bertz CT molecular complexity index is 902. The minimum absolute atomic E-state index is 0.0952. The fraction of sp³-hybridized carbons (Fsp3) is 0.111. The maximum Gasteiger partial charge on any atom is 0.339 e. The lowest BCUT2D eigenvalue weighted by molar-refractivity contribution is -0.116. The minimum Gasteiger partial charge on any atom is -0.507 e. The number of aromatic hydroxyl groups is 1. The molecule has 0 saturated carbocycles. The van der Waals surface area contributed by atoms with Gasteiger partial charge in [-0.1, -0.05) is 12.1 Å². The van der Waals surface area contributed by atoms with Gasteiger partial charge in [0.05, 0.1) is 11.1 Å². The summed E-state index contributed by atoms with van der Waals surface area (Å²) in [6.45, 7) is -0.0952. The molecule has 2 aromatic rings. The average molecular weight is 354 g/mol. The Hall–Kier alpha value is -3.68. The lowest BCUT2D eigenvalue weighted by Crippen LogP contribution is -2.32. The fourth-order valence-electron chi connectivity index (χ4n) is 2.66. The molecule has 0 aliphatic carbocycles. The fourth-order valence-corrected chi connectivity index (χ4v) is 2.66. The van der Waals surface area contributed by atoms with Crippen LogP contribution in [0.1, 0.15) is 37.5 Å². The van der Waals surface area contributed by atoms with Gasteiger partial charge in [-0.3, -0.25) is 19.3 Å². The number of hydrogen-bond acceptors (Lipinski definition) is 5. The van der Waals surface area contributed by atoms with E-state index >= 15 is 0 Å². The van der Waals surface area contributed by atoms with Crippen molar-refractivity contribution in [3.05, 3.63) is 59.2 Å². The molecule has 8 heteroatoms. The molecular formula is C18H14N2O6. The second kappa shape index (κ2) is 6.67. The van der Waals surface area contributed by atoms with E-state index in [-0.39, 0.29) is 24.2 Å². The molecule has 1 aliphatic heterocycles. The number of imide groups is 1. The van der Waals surface area contributed by atoms with E-state index in [9.17, 15) is 24.3 Å². The molecule has 0 bridgehead atoms. The SMILES string of the molecule is O=C(CCN1C(=O)c2ccccc2C1=O)Nc1ccc(O)c(C(=O)O)c1. The van der Waals surface area contributed by atoms with Crippen molar-refractivity contribution in [3.63, 3.8) is 0 Å². The Morgan fingerprint density at radius 1 is 1.00 bits per heavy atom. The number of carbonyl (C=O) groups is 4. The van der Waals surface area contributed by atoms with Crippen molar-refractivity contribution in [3.8, 4) is 5.75 Å². The van der Waals surface area contributed by atoms with Gasteiger partial charge in [-0.25, -0.2) is 4.79 Å². The molecule has 0 fully saturated rings. The molecule has 1 heterocycles. The maximum atomic E-state index is 12.2. The molecule has 1 aliphatic rings. The predicted molar refractivity (Wildman–Crippen MR) is 90.1 cm³/mol. The summed E-state index contributed by atoms with van der Waals surface area (Å²) in [5.74, 6) is -3.14. The van der Waals surface area contributed by atoms with Crippen molar-refractivity contribution < 1.29 is 29.4 Å². The van der Waals surface area contributed by atoms with Crippen LogP contribution in [0, 0.1) is 0 Å². The number of carbonyl (C=O) groups excluding carboxylic acids is 3. The number of nitrogens with one attached hydrogen (secondary N) is 1. The number of rotatable bonds is 5. The number of nitrogens with zero attached hydrogens (tertiary/aromatic N) is 1. The van der Waals surface area contributed by atoms with Crippen LogP contribution < -0.4 is 5.32 Å². The van der Waals surface area contributed by atoms with Crippen LogP contribution >= 0.6 is 0 Å². The first-order valence-corrected chi connectivity index (χ1v) is 7.70. The highest BCUT2D eigenvalue weighted by Gasteiger charge is 2.34. The van der Waals surface area contributed by atoms with Crippen LogP contribution in [-0.4, -0.2) is 45.3 Å². The normalized spacial score (nSPS) is 12.8. The van der Waals surface area contributed by atoms with Crippen molar-refractivity contribution in [2.75, 3.05) is 11.9 Å². The Morgan fingerprint density at radius 2 is 1.62 bits per heavy atom. The van der Waals surface area contributed by atoms with Gasteiger partial charge in [-0.2, -0.15) is 0 Å². The van der Waals surface area contributed by atoms with E-state index in [1.165, 1.54) is 6.07 Å². The zero-order chi connectivity index (χ0) is 18.8. The third kappa shape index (κ3) is 3.12. The summed E-state index contributed by atoms with van der Waals surface area (Å²) in [4.78, 5) is 48.5. The Balaban J connectivity index is 1.64. The van der Waals surface area contributed by atoms with E-state index < -0.39 is 29.4 Å². The molecule has 3 amide bonds. The van der Waals surface area contributed by atoms with Crippen molar-refractivity contribution >= 4 is 29.4 Å². The largest absolute Gasteiger partial charge is 0.507 e. The van der Waals surface area contributed by atoms with Crippen LogP contribution in [0.4, 0.5) is 5.69 Å². The summed E-state index contributed by atoms with van der Waals surface area (Å²) < 4.78 is 0. The Labute approximate surface area is 147 Å². The van der Waals surface area contributed by atoms with Gasteiger partial charge in [0, 0.05) is 18.7 Å². The van der Waals surface area contributed by atoms with E-state index in [1.807, 2.05) is 0 Å². The molecule has 0 aromatic heterocycles. The Morgan fingerprint density at radius 3 is 2.19 bits per heavy atom. The van der Waals surface area contributed by atoms with E-state index in [1.54, 1.807) is 24.3 Å². The summed E-state index contributed by atoms with van der Waals surface area (Å²) in [6.07, 6.45) is -0.144. The van der Waals surface area contributed by atoms with E-state index in [0.29, 0.717) is 11.1 Å². The lowest BCUT2D eigenvalue weighted by atomic mass is 10.1. The van der Waals surface area contributed by atoms with Gasteiger partial charge < -0.3 is 15.5 Å². The standard InChI is InChI=1S/C18H14N2O6/c21-14-6-5-10(9-13(14)18(25)26)19-15(22)7-8-20-16(23)11-3-1-2-4-12(11)17(20)24/h1-6,9,21H,7-8H2,(H,19,22)(H,25,26). The monoisotopic (exact) mass is 354 g/mol. The highest BCUT2D eigenvalue weighted by atomic mass is 16.4. The van der Waals surface area contributed by atoms with Gasteiger partial charge in [0.25, 0.3) is 11.8 Å². The summed E-state index contributed by atoms with van der Waals surface area (Å²) in [6, 6.07) is 10.1. The lowest BCUT2D eigenvalue weighted by Gasteiger charge is -2.13. The third-order valence-corrected chi connectivity index (χ3v) is 3.95. The van der Waals surface area contributed by atoms with Gasteiger partial charge in [0.2, 0.25) is 5.91 Å². The van der Waals surface area contributed by atoms with Gasteiger partial charge in [-0.05, 0) is 30.3 Å². The Kier molecular flexibility index (Phi) is 4.40. The molecule has 26 heavy (non-hydrogen) atoms. The number of anilines is 1. The zero-order valence-corrected chi connectivity index (χ0v) is 13.4. The van der Waals surface area contributed by atoms with Crippen LogP contribution in [0.25, 0.3) is 0 Å². The molecule has 0 spiro atoms. The van der Waals surface area contributed by atoms with Crippen LogP contribution in [0.15, 0.2) is 42.5 Å². The van der Waals surface area contributed by atoms with Gasteiger partial charge in [-0.15, -0.1) is 0 Å². The average Bonchev–Trinajstić information content (AvgIpc) is 2.86. The number of fused-ring (bicyclic) bond motifs is 1.